The van der Waals surface area contributed by atoms with Crippen molar-refractivity contribution in [3.8, 4) is 11.6 Å². The van der Waals surface area contributed by atoms with Crippen molar-refractivity contribution in [1.29, 1.82) is 0 Å². The molecule has 2 aromatic carbocycles. The van der Waals surface area contributed by atoms with Crippen molar-refractivity contribution in [3.05, 3.63) is 105 Å². The van der Waals surface area contributed by atoms with Gasteiger partial charge >= 0.3 is 17.3 Å². The third-order valence-corrected chi connectivity index (χ3v) is 6.68. The molecule has 206 valence electrons. The monoisotopic (exact) mass is 545 g/mol. The number of aryl methyl sites for hydroxylation is 1. The van der Waals surface area contributed by atoms with Crippen LogP contribution in [0.2, 0.25) is 0 Å². The van der Waals surface area contributed by atoms with Crippen LogP contribution in [0.15, 0.2) is 76.4 Å². The number of pyridine rings is 1. The molecule has 2 aromatic heterocycles. The lowest BCUT2D eigenvalue weighted by atomic mass is 10.1. The van der Waals surface area contributed by atoms with Gasteiger partial charge in [-0.1, -0.05) is 29.8 Å². The number of nitrogens with one attached hydrogen (secondary N) is 1. The number of benzene rings is 2. The molecule has 1 fully saturated rings. The second-order valence-corrected chi connectivity index (χ2v) is 9.70. The van der Waals surface area contributed by atoms with E-state index in [0.717, 1.165) is 15.7 Å². The number of ether oxygens (including phenoxy) is 2. The van der Waals surface area contributed by atoms with Gasteiger partial charge in [0.2, 0.25) is 5.95 Å². The molecule has 0 atom stereocenters. The molecule has 5 rings (SSSR count). The highest BCUT2D eigenvalue weighted by atomic mass is 19.1. The molecule has 1 aliphatic carbocycles. The maximum Gasteiger partial charge on any atom is 0.354 e. The topological polar surface area (TPSA) is 117 Å². The molecule has 0 saturated heterocycles. The highest BCUT2D eigenvalue weighted by Crippen LogP contribution is 2.47. The number of anilines is 2. The molecular weight excluding hydrogens is 517 g/mol. The Hall–Kier alpha value is -4.80. The summed E-state index contributed by atoms with van der Waals surface area (Å²) in [5.74, 6) is -0.779. The molecule has 1 saturated carbocycles. The van der Waals surface area contributed by atoms with E-state index in [4.69, 9.17) is 9.47 Å². The highest BCUT2D eigenvalue weighted by Gasteiger charge is 2.52. The summed E-state index contributed by atoms with van der Waals surface area (Å²) < 4.78 is 26.9. The van der Waals surface area contributed by atoms with E-state index in [1.165, 1.54) is 22.9 Å². The second kappa shape index (κ2) is 11.1. The van der Waals surface area contributed by atoms with E-state index in [-0.39, 0.29) is 31.5 Å². The van der Waals surface area contributed by atoms with Crippen molar-refractivity contribution < 1.29 is 18.7 Å². The minimum atomic E-state index is -0.889. The van der Waals surface area contributed by atoms with Crippen LogP contribution in [0.5, 0.6) is 11.6 Å². The largest absolute Gasteiger partial charge is 0.466 e. The third kappa shape index (κ3) is 5.78. The first kappa shape index (κ1) is 26.8. The van der Waals surface area contributed by atoms with E-state index >= 15 is 0 Å². The molecule has 0 aliphatic heterocycles. The summed E-state index contributed by atoms with van der Waals surface area (Å²) in [5.41, 5.74) is 0.157. The minimum absolute atomic E-state index is 0.0391. The fourth-order valence-corrected chi connectivity index (χ4v) is 4.24. The summed E-state index contributed by atoms with van der Waals surface area (Å²) in [6.07, 6.45) is 2.49. The first-order valence-electron chi connectivity index (χ1n) is 12.9. The maximum absolute atomic E-state index is 13.9. The van der Waals surface area contributed by atoms with E-state index in [1.807, 2.05) is 31.2 Å². The van der Waals surface area contributed by atoms with Crippen LogP contribution in [0.1, 0.15) is 30.9 Å². The van der Waals surface area contributed by atoms with Gasteiger partial charge in [-0.15, -0.1) is 0 Å². The molecule has 0 unspecified atom stereocenters. The van der Waals surface area contributed by atoms with Crippen molar-refractivity contribution in [2.45, 2.75) is 39.8 Å². The summed E-state index contributed by atoms with van der Waals surface area (Å²) in [6, 6.07) is 16.8. The number of halogens is 1. The van der Waals surface area contributed by atoms with Gasteiger partial charge in [-0.05, 0) is 68.7 Å². The average molecular weight is 546 g/mol. The Bertz CT molecular complexity index is 1640. The van der Waals surface area contributed by atoms with Crippen molar-refractivity contribution >= 4 is 17.6 Å². The van der Waals surface area contributed by atoms with Crippen molar-refractivity contribution in [1.82, 2.24) is 19.1 Å². The second-order valence-electron chi connectivity index (χ2n) is 9.70. The molecule has 11 heteroatoms. The Balaban J connectivity index is 1.46. The van der Waals surface area contributed by atoms with E-state index in [0.29, 0.717) is 24.3 Å². The van der Waals surface area contributed by atoms with Gasteiger partial charge in [0.25, 0.3) is 5.88 Å². The number of rotatable bonds is 10. The van der Waals surface area contributed by atoms with Gasteiger partial charge in [-0.3, -0.25) is 9.36 Å². The highest BCUT2D eigenvalue weighted by molar-refractivity contribution is 5.79. The summed E-state index contributed by atoms with van der Waals surface area (Å²) in [6.45, 7) is 3.94. The van der Waals surface area contributed by atoms with Crippen molar-refractivity contribution in [2.24, 2.45) is 5.41 Å². The number of carbonyl (C=O) groups is 1. The minimum Gasteiger partial charge on any atom is -0.466 e. The van der Waals surface area contributed by atoms with Gasteiger partial charge in [0.1, 0.15) is 5.75 Å². The molecule has 0 bridgehead atoms. The van der Waals surface area contributed by atoms with E-state index in [2.05, 4.69) is 15.3 Å². The average Bonchev–Trinajstić information content (AvgIpc) is 3.73. The number of hydrogen-bond donors (Lipinski definition) is 1. The van der Waals surface area contributed by atoms with Crippen LogP contribution in [0, 0.1) is 18.2 Å². The lowest BCUT2D eigenvalue weighted by Gasteiger charge is -2.18. The van der Waals surface area contributed by atoms with Crippen LogP contribution >= 0.6 is 0 Å². The van der Waals surface area contributed by atoms with Crippen LogP contribution in [-0.2, 0) is 22.6 Å². The van der Waals surface area contributed by atoms with Crippen molar-refractivity contribution in [2.75, 3.05) is 11.9 Å². The van der Waals surface area contributed by atoms with Crippen LogP contribution in [-0.4, -0.2) is 31.7 Å². The molecule has 10 nitrogen and oxygen atoms in total. The Labute approximate surface area is 229 Å². The first-order valence-corrected chi connectivity index (χ1v) is 12.9. The Morgan fingerprint density at radius 3 is 2.42 bits per heavy atom. The number of nitrogens with zero attached hydrogens (tertiary/aromatic N) is 4. The summed E-state index contributed by atoms with van der Waals surface area (Å²) >= 11 is 0. The molecular formula is C29H28FN5O5. The predicted octanol–water partition coefficient (Wildman–Crippen LogP) is 4.18. The van der Waals surface area contributed by atoms with Gasteiger partial charge in [-0.2, -0.15) is 4.98 Å². The lowest BCUT2D eigenvalue weighted by molar-refractivity contribution is -0.150. The molecule has 0 radical (unpaired) electrons. The van der Waals surface area contributed by atoms with Crippen LogP contribution < -0.4 is 21.4 Å². The van der Waals surface area contributed by atoms with Crippen LogP contribution in [0.3, 0.4) is 0 Å². The molecule has 0 spiro atoms. The molecule has 2 heterocycles. The number of aromatic nitrogens is 4. The van der Waals surface area contributed by atoms with Gasteiger partial charge in [0.05, 0.1) is 18.6 Å². The van der Waals surface area contributed by atoms with Gasteiger partial charge in [0.15, 0.2) is 5.82 Å². The molecule has 4 aromatic rings. The first-order chi connectivity index (χ1) is 19.3. The Morgan fingerprint density at radius 1 is 1.05 bits per heavy atom. The Morgan fingerprint density at radius 2 is 1.77 bits per heavy atom. The fraction of sp³-hybridized carbons (Fsp3) is 0.276. The lowest BCUT2D eigenvalue weighted by Crippen LogP contribution is -2.45. The van der Waals surface area contributed by atoms with Gasteiger partial charge in [-0.25, -0.2) is 23.5 Å². The van der Waals surface area contributed by atoms with Crippen LogP contribution in [0.25, 0.3) is 0 Å². The van der Waals surface area contributed by atoms with Crippen LogP contribution in [0.4, 0.5) is 16.0 Å². The van der Waals surface area contributed by atoms with E-state index < -0.39 is 28.6 Å². The SMILES string of the molecule is CCOC(=O)C1(Cn2c(=O)nc(Nc3ccc(Oc4ncccc4F)cc3)n(Cc3ccc(C)cc3)c2=O)CC1. The molecule has 0 amide bonds. The quantitative estimate of drug-likeness (QED) is 0.295. The Kier molecular flexibility index (Phi) is 7.45. The summed E-state index contributed by atoms with van der Waals surface area (Å²) in [5, 5.41) is 3.04. The zero-order chi connectivity index (χ0) is 28.3. The normalized spacial score (nSPS) is 13.5. The molecule has 1 aliphatic rings. The fourth-order valence-electron chi connectivity index (χ4n) is 4.24. The third-order valence-electron chi connectivity index (χ3n) is 6.68. The zero-order valence-corrected chi connectivity index (χ0v) is 22.1. The van der Waals surface area contributed by atoms with Gasteiger partial charge < -0.3 is 14.8 Å². The smallest absolute Gasteiger partial charge is 0.354 e. The van der Waals surface area contributed by atoms with E-state index in [1.54, 1.807) is 31.2 Å². The predicted molar refractivity (Wildman–Crippen MR) is 145 cm³/mol. The number of esters is 1. The van der Waals surface area contributed by atoms with Crippen molar-refractivity contribution in [3.63, 3.8) is 0 Å². The van der Waals surface area contributed by atoms with Gasteiger partial charge in [0, 0.05) is 18.4 Å². The zero-order valence-electron chi connectivity index (χ0n) is 22.1. The van der Waals surface area contributed by atoms with E-state index in [9.17, 15) is 18.8 Å². The molecule has 40 heavy (non-hydrogen) atoms. The summed E-state index contributed by atoms with van der Waals surface area (Å²) in [4.78, 5) is 47.3. The summed E-state index contributed by atoms with van der Waals surface area (Å²) in [7, 11) is 0. The number of hydrogen-bond acceptors (Lipinski definition) is 8. The number of carbonyl (C=O) groups excluding carboxylic acids is 1. The molecule has 1 N–H and O–H groups in total. The maximum atomic E-state index is 13.9. The standard InChI is InChI=1S/C29H28FN5O5/c1-3-39-25(36)29(14-15-29)18-35-27(37)33-26(34(28(35)38)17-20-8-6-19(2)7-9-20)32-21-10-12-22(13-11-21)40-24-23(30)5-4-16-31-24/h4-13,16H,3,14-15,17-18H2,1-2H3,(H,32,33,37).